The number of halogens is 3. The lowest BCUT2D eigenvalue weighted by atomic mass is 10.0. The predicted octanol–water partition coefficient (Wildman–Crippen LogP) is 3.54. The van der Waals surface area contributed by atoms with Crippen LogP contribution < -0.4 is 14.5 Å². The first kappa shape index (κ1) is 21.2. The number of aromatic nitrogens is 2. The number of nitrogens with zero attached hydrogens (tertiary/aromatic N) is 5. The van der Waals surface area contributed by atoms with Crippen molar-refractivity contribution in [1.82, 2.24) is 14.9 Å². The SMILES string of the molecule is CN(C)c1nccc(N(C)C2CCN(Cc3cccc(OC(F)(F)F)c3)CC2)n1. The van der Waals surface area contributed by atoms with Crippen LogP contribution in [0.15, 0.2) is 36.5 Å². The van der Waals surface area contributed by atoms with E-state index in [4.69, 9.17) is 0 Å². The highest BCUT2D eigenvalue weighted by Crippen LogP contribution is 2.25. The highest BCUT2D eigenvalue weighted by atomic mass is 19.4. The molecule has 0 saturated carbocycles. The molecule has 0 spiro atoms. The number of alkyl halides is 3. The van der Waals surface area contributed by atoms with Gasteiger partial charge in [0.25, 0.3) is 0 Å². The summed E-state index contributed by atoms with van der Waals surface area (Å²) >= 11 is 0. The van der Waals surface area contributed by atoms with Crippen molar-refractivity contribution in [2.75, 3.05) is 44.0 Å². The molecule has 0 radical (unpaired) electrons. The van der Waals surface area contributed by atoms with Gasteiger partial charge in [-0.05, 0) is 36.6 Å². The molecule has 1 aliphatic heterocycles. The van der Waals surface area contributed by atoms with Crippen LogP contribution in [0.25, 0.3) is 0 Å². The molecule has 0 unspecified atom stereocenters. The molecule has 3 rings (SSSR count). The Hall–Kier alpha value is -2.55. The summed E-state index contributed by atoms with van der Waals surface area (Å²) < 4.78 is 41.2. The number of piperidine rings is 1. The molecule has 9 heteroatoms. The van der Waals surface area contributed by atoms with Crippen LogP contribution in [0.3, 0.4) is 0 Å². The van der Waals surface area contributed by atoms with E-state index in [1.807, 2.05) is 38.2 Å². The maximum Gasteiger partial charge on any atom is 0.573 e. The van der Waals surface area contributed by atoms with Crippen LogP contribution in [0.1, 0.15) is 18.4 Å². The van der Waals surface area contributed by atoms with Gasteiger partial charge in [0.2, 0.25) is 5.95 Å². The van der Waals surface area contributed by atoms with Crippen LogP contribution in [-0.4, -0.2) is 61.5 Å². The van der Waals surface area contributed by atoms with Crippen LogP contribution in [0.4, 0.5) is 24.9 Å². The van der Waals surface area contributed by atoms with E-state index >= 15 is 0 Å². The minimum Gasteiger partial charge on any atom is -0.406 e. The highest BCUT2D eigenvalue weighted by Gasteiger charge is 2.31. The average molecular weight is 409 g/mol. The van der Waals surface area contributed by atoms with Crippen LogP contribution in [0, 0.1) is 0 Å². The Balaban J connectivity index is 1.55. The third-order valence-corrected chi connectivity index (χ3v) is 5.03. The van der Waals surface area contributed by atoms with Gasteiger partial charge >= 0.3 is 6.36 Å². The number of hydrogen-bond acceptors (Lipinski definition) is 6. The van der Waals surface area contributed by atoms with Gasteiger partial charge in [0.15, 0.2) is 0 Å². The van der Waals surface area contributed by atoms with Gasteiger partial charge in [0.1, 0.15) is 11.6 Å². The van der Waals surface area contributed by atoms with Crippen LogP contribution >= 0.6 is 0 Å². The van der Waals surface area contributed by atoms with Crippen molar-refractivity contribution < 1.29 is 17.9 Å². The summed E-state index contributed by atoms with van der Waals surface area (Å²) in [6, 6.07) is 8.46. The fourth-order valence-corrected chi connectivity index (χ4v) is 3.50. The van der Waals surface area contributed by atoms with Gasteiger partial charge in [0.05, 0.1) is 0 Å². The maximum atomic E-state index is 12.4. The van der Waals surface area contributed by atoms with E-state index < -0.39 is 6.36 Å². The lowest BCUT2D eigenvalue weighted by molar-refractivity contribution is -0.274. The molecule has 1 aromatic carbocycles. The average Bonchev–Trinajstić information content (AvgIpc) is 2.67. The number of hydrogen-bond donors (Lipinski definition) is 0. The summed E-state index contributed by atoms with van der Waals surface area (Å²) in [6.45, 7) is 2.33. The second-order valence-corrected chi connectivity index (χ2v) is 7.42. The molecule has 1 aliphatic rings. The van der Waals surface area contributed by atoms with E-state index in [0.717, 1.165) is 37.3 Å². The Morgan fingerprint density at radius 3 is 2.52 bits per heavy atom. The number of anilines is 2. The summed E-state index contributed by atoms with van der Waals surface area (Å²) in [4.78, 5) is 15.2. The molecule has 0 N–H and O–H groups in total. The lowest BCUT2D eigenvalue weighted by Gasteiger charge is -2.37. The normalized spacial score (nSPS) is 15.9. The van der Waals surface area contributed by atoms with Gasteiger partial charge < -0.3 is 14.5 Å². The quantitative estimate of drug-likeness (QED) is 0.727. The number of rotatable bonds is 6. The van der Waals surface area contributed by atoms with Crippen molar-refractivity contribution in [3.8, 4) is 5.75 Å². The molecule has 1 fully saturated rings. The molecule has 1 aromatic heterocycles. The van der Waals surface area contributed by atoms with Gasteiger partial charge in [-0.3, -0.25) is 4.90 Å². The van der Waals surface area contributed by atoms with Gasteiger partial charge in [-0.15, -0.1) is 13.2 Å². The minimum absolute atomic E-state index is 0.176. The van der Waals surface area contributed by atoms with E-state index in [1.165, 1.54) is 12.1 Å². The van der Waals surface area contributed by atoms with Crippen molar-refractivity contribution in [3.63, 3.8) is 0 Å². The fraction of sp³-hybridized carbons (Fsp3) is 0.500. The summed E-state index contributed by atoms with van der Waals surface area (Å²) in [5, 5.41) is 0. The number of benzene rings is 1. The lowest BCUT2D eigenvalue weighted by Crippen LogP contribution is -2.43. The minimum atomic E-state index is -4.67. The fourth-order valence-electron chi connectivity index (χ4n) is 3.50. The standard InChI is InChI=1S/C20H26F3N5O/c1-26(2)19-24-10-7-18(25-19)27(3)16-8-11-28(12-9-16)14-15-5-4-6-17(13-15)29-20(21,22)23/h4-7,10,13,16H,8-9,11-12,14H2,1-3H3. The van der Waals surface area contributed by atoms with Crippen LogP contribution in [-0.2, 0) is 6.54 Å². The smallest absolute Gasteiger partial charge is 0.406 e. The van der Waals surface area contributed by atoms with Crippen molar-refractivity contribution in [1.29, 1.82) is 0 Å². The van der Waals surface area contributed by atoms with Crippen molar-refractivity contribution in [2.45, 2.75) is 31.8 Å². The molecule has 1 saturated heterocycles. The maximum absolute atomic E-state index is 12.4. The summed E-state index contributed by atoms with van der Waals surface area (Å²) in [5.74, 6) is 1.39. The summed E-state index contributed by atoms with van der Waals surface area (Å²) in [5.41, 5.74) is 0.810. The topological polar surface area (TPSA) is 44.7 Å². The van der Waals surface area contributed by atoms with Crippen molar-refractivity contribution in [2.24, 2.45) is 0 Å². The Labute approximate surface area is 168 Å². The third-order valence-electron chi connectivity index (χ3n) is 5.03. The third kappa shape index (κ3) is 5.96. The van der Waals surface area contributed by atoms with Crippen molar-refractivity contribution in [3.05, 3.63) is 42.1 Å². The molecule has 158 valence electrons. The zero-order valence-electron chi connectivity index (χ0n) is 16.9. The largest absolute Gasteiger partial charge is 0.573 e. The predicted molar refractivity (Wildman–Crippen MR) is 106 cm³/mol. The monoisotopic (exact) mass is 409 g/mol. The molecule has 29 heavy (non-hydrogen) atoms. The molecule has 2 aromatic rings. The van der Waals surface area contributed by atoms with Gasteiger partial charge in [0, 0.05) is 53.0 Å². The molecular weight excluding hydrogens is 383 g/mol. The van der Waals surface area contributed by atoms with E-state index in [9.17, 15) is 13.2 Å². The van der Waals surface area contributed by atoms with Gasteiger partial charge in [-0.2, -0.15) is 4.98 Å². The van der Waals surface area contributed by atoms with E-state index in [0.29, 0.717) is 18.5 Å². The van der Waals surface area contributed by atoms with Crippen molar-refractivity contribution >= 4 is 11.8 Å². The molecule has 2 heterocycles. The Morgan fingerprint density at radius 1 is 1.14 bits per heavy atom. The van der Waals surface area contributed by atoms with E-state index in [2.05, 4.69) is 24.5 Å². The Kier molecular flexibility index (Phi) is 6.46. The molecule has 0 amide bonds. The van der Waals surface area contributed by atoms with Gasteiger partial charge in [-0.25, -0.2) is 4.98 Å². The van der Waals surface area contributed by atoms with Crippen LogP contribution in [0.5, 0.6) is 5.75 Å². The number of ether oxygens (including phenoxy) is 1. The zero-order chi connectivity index (χ0) is 21.0. The molecule has 0 aliphatic carbocycles. The second kappa shape index (κ2) is 8.86. The highest BCUT2D eigenvalue weighted by molar-refractivity contribution is 5.43. The van der Waals surface area contributed by atoms with Gasteiger partial charge in [-0.1, -0.05) is 12.1 Å². The number of likely N-dealkylation sites (tertiary alicyclic amines) is 1. The molecule has 6 nitrogen and oxygen atoms in total. The first-order chi connectivity index (χ1) is 13.7. The Morgan fingerprint density at radius 2 is 1.86 bits per heavy atom. The Bertz CT molecular complexity index is 807. The first-order valence-electron chi connectivity index (χ1n) is 9.51. The van der Waals surface area contributed by atoms with E-state index in [-0.39, 0.29) is 5.75 Å². The molecular formula is C20H26F3N5O. The zero-order valence-corrected chi connectivity index (χ0v) is 16.9. The van der Waals surface area contributed by atoms with Crippen LogP contribution in [0.2, 0.25) is 0 Å². The summed E-state index contributed by atoms with van der Waals surface area (Å²) in [6.07, 6.45) is -0.999. The summed E-state index contributed by atoms with van der Waals surface area (Å²) in [7, 11) is 5.86. The second-order valence-electron chi connectivity index (χ2n) is 7.42. The molecule has 0 bridgehead atoms. The first-order valence-corrected chi connectivity index (χ1v) is 9.51. The van der Waals surface area contributed by atoms with E-state index in [1.54, 1.807) is 12.3 Å². The molecule has 0 atom stereocenters.